The molecule has 3 atom stereocenters. The van der Waals surface area contributed by atoms with Crippen LogP contribution in [-0.2, 0) is 14.3 Å². The molecule has 2 aliphatic rings. The second-order valence-electron chi connectivity index (χ2n) is 5.35. The number of ether oxygens (including phenoxy) is 1. The Kier molecular flexibility index (Phi) is 3.65. The van der Waals surface area contributed by atoms with E-state index in [9.17, 15) is 9.59 Å². The number of carbonyl (C=O) groups is 2. The van der Waals surface area contributed by atoms with Crippen LogP contribution in [0.5, 0.6) is 0 Å². The first-order valence-corrected chi connectivity index (χ1v) is 7.11. The molecule has 2 aliphatic heterocycles. The Morgan fingerprint density at radius 1 is 1.33 bits per heavy atom. The molecule has 112 valence electrons. The Labute approximate surface area is 123 Å². The van der Waals surface area contributed by atoms with Crippen LogP contribution in [-0.4, -0.2) is 47.8 Å². The summed E-state index contributed by atoms with van der Waals surface area (Å²) in [5, 5.41) is 6.91. The maximum absolute atomic E-state index is 12.2. The third-order valence-electron chi connectivity index (χ3n) is 4.11. The topological polar surface area (TPSA) is 61.9 Å². The smallest absolute Gasteiger partial charge is 0.324 e. The molecule has 1 aromatic carbocycles. The number of hydrazine groups is 1. The van der Waals surface area contributed by atoms with Crippen LogP contribution < -0.4 is 5.32 Å². The number of hydrogen-bond acceptors (Lipinski definition) is 5. The Bertz CT molecular complexity index is 548. The van der Waals surface area contributed by atoms with E-state index in [1.165, 1.54) is 7.11 Å². The van der Waals surface area contributed by atoms with Crippen molar-refractivity contribution >= 4 is 11.9 Å². The van der Waals surface area contributed by atoms with E-state index in [2.05, 4.69) is 5.32 Å². The molecule has 0 bridgehead atoms. The van der Waals surface area contributed by atoms with Gasteiger partial charge in [-0.05, 0) is 12.5 Å². The van der Waals surface area contributed by atoms with Crippen LogP contribution in [0.2, 0.25) is 0 Å². The van der Waals surface area contributed by atoms with Crippen molar-refractivity contribution in [3.8, 4) is 0 Å². The fraction of sp³-hybridized carbons (Fsp3) is 0.467. The van der Waals surface area contributed by atoms with E-state index in [1.54, 1.807) is 5.01 Å². The van der Waals surface area contributed by atoms with Crippen LogP contribution in [0.25, 0.3) is 0 Å². The van der Waals surface area contributed by atoms with Gasteiger partial charge in [-0.25, -0.2) is 5.01 Å². The Morgan fingerprint density at radius 2 is 2.05 bits per heavy atom. The Morgan fingerprint density at radius 3 is 2.71 bits per heavy atom. The standard InChI is InChI=1S/C15H19N3O3/c1-10-16-13(15(20)21-2)14(11-6-4-3-5-7-11)17-9-8-12(19)18(10)17/h3-7,10,13-14,16H,8-9H2,1-2H3/t10-,13+,14-/m1/s1. The molecule has 0 radical (unpaired) electrons. The molecule has 0 unspecified atom stereocenters. The summed E-state index contributed by atoms with van der Waals surface area (Å²) in [6, 6.07) is 9.02. The van der Waals surface area contributed by atoms with E-state index in [4.69, 9.17) is 4.74 Å². The van der Waals surface area contributed by atoms with Crippen molar-refractivity contribution in [3.05, 3.63) is 35.9 Å². The third-order valence-corrected chi connectivity index (χ3v) is 4.11. The van der Waals surface area contributed by atoms with Gasteiger partial charge < -0.3 is 4.74 Å². The van der Waals surface area contributed by atoms with Crippen molar-refractivity contribution in [1.29, 1.82) is 0 Å². The van der Waals surface area contributed by atoms with Gasteiger partial charge in [-0.1, -0.05) is 30.3 Å². The van der Waals surface area contributed by atoms with Crippen molar-refractivity contribution in [2.24, 2.45) is 0 Å². The number of nitrogens with zero attached hydrogens (tertiary/aromatic N) is 2. The van der Waals surface area contributed by atoms with Crippen LogP contribution in [0, 0.1) is 0 Å². The molecule has 6 nitrogen and oxygen atoms in total. The second kappa shape index (κ2) is 5.46. The van der Waals surface area contributed by atoms with Crippen molar-refractivity contribution in [2.75, 3.05) is 13.7 Å². The van der Waals surface area contributed by atoms with E-state index in [0.717, 1.165) is 5.56 Å². The Hall–Kier alpha value is -1.92. The lowest BCUT2D eigenvalue weighted by Gasteiger charge is -2.47. The number of benzene rings is 1. The highest BCUT2D eigenvalue weighted by molar-refractivity contribution is 5.80. The number of hydrogen-bond donors (Lipinski definition) is 1. The van der Waals surface area contributed by atoms with E-state index in [-0.39, 0.29) is 24.1 Å². The summed E-state index contributed by atoms with van der Waals surface area (Å²) >= 11 is 0. The van der Waals surface area contributed by atoms with Gasteiger partial charge in [0.15, 0.2) is 0 Å². The number of fused-ring (bicyclic) bond motifs is 1. The van der Waals surface area contributed by atoms with Crippen molar-refractivity contribution < 1.29 is 14.3 Å². The minimum atomic E-state index is -0.491. The van der Waals surface area contributed by atoms with Gasteiger partial charge in [0.25, 0.3) is 0 Å². The fourth-order valence-corrected chi connectivity index (χ4v) is 3.22. The quantitative estimate of drug-likeness (QED) is 0.811. The first kappa shape index (κ1) is 14.0. The molecule has 0 aliphatic carbocycles. The van der Waals surface area contributed by atoms with E-state index in [0.29, 0.717) is 13.0 Å². The highest BCUT2D eigenvalue weighted by Crippen LogP contribution is 2.34. The summed E-state index contributed by atoms with van der Waals surface area (Å²) in [6.45, 7) is 2.51. The van der Waals surface area contributed by atoms with Gasteiger partial charge in [0.05, 0.1) is 19.3 Å². The number of rotatable bonds is 2. The largest absolute Gasteiger partial charge is 0.468 e. The van der Waals surface area contributed by atoms with Crippen LogP contribution in [0.1, 0.15) is 24.9 Å². The predicted octanol–water partition coefficient (Wildman–Crippen LogP) is 0.668. The summed E-state index contributed by atoms with van der Waals surface area (Å²) in [5.41, 5.74) is 0.993. The number of nitrogens with one attached hydrogen (secondary N) is 1. The summed E-state index contributed by atoms with van der Waals surface area (Å²) in [7, 11) is 1.39. The molecular weight excluding hydrogens is 270 g/mol. The molecule has 1 amide bonds. The number of carbonyl (C=O) groups excluding carboxylic acids is 2. The molecule has 2 fully saturated rings. The van der Waals surface area contributed by atoms with Gasteiger partial charge in [-0.15, -0.1) is 0 Å². The molecule has 0 spiro atoms. The monoisotopic (exact) mass is 289 g/mol. The number of methoxy groups -OCH3 is 1. The predicted molar refractivity (Wildman–Crippen MR) is 75.8 cm³/mol. The molecule has 21 heavy (non-hydrogen) atoms. The summed E-state index contributed by atoms with van der Waals surface area (Å²) in [6.07, 6.45) is 0.257. The average molecular weight is 289 g/mol. The van der Waals surface area contributed by atoms with Gasteiger partial charge in [-0.3, -0.25) is 19.9 Å². The molecule has 1 aromatic rings. The van der Waals surface area contributed by atoms with Crippen molar-refractivity contribution in [1.82, 2.24) is 15.3 Å². The lowest BCUT2D eigenvalue weighted by Crippen LogP contribution is -2.66. The van der Waals surface area contributed by atoms with Gasteiger partial charge in [0.1, 0.15) is 6.04 Å². The third kappa shape index (κ3) is 2.30. The van der Waals surface area contributed by atoms with E-state index in [1.807, 2.05) is 42.3 Å². The van der Waals surface area contributed by atoms with Gasteiger partial charge in [0, 0.05) is 13.0 Å². The zero-order chi connectivity index (χ0) is 15.0. The first-order valence-electron chi connectivity index (χ1n) is 7.11. The highest BCUT2D eigenvalue weighted by Gasteiger charge is 2.48. The highest BCUT2D eigenvalue weighted by atomic mass is 16.5. The van der Waals surface area contributed by atoms with E-state index >= 15 is 0 Å². The number of esters is 1. The van der Waals surface area contributed by atoms with Crippen molar-refractivity contribution in [3.63, 3.8) is 0 Å². The van der Waals surface area contributed by atoms with Crippen LogP contribution in [0.4, 0.5) is 0 Å². The maximum atomic E-state index is 12.2. The lowest BCUT2D eigenvalue weighted by molar-refractivity contribution is -0.170. The van der Waals surface area contributed by atoms with Crippen LogP contribution in [0.3, 0.4) is 0 Å². The molecule has 3 rings (SSSR count). The minimum absolute atomic E-state index is 0.0826. The molecule has 1 N–H and O–H groups in total. The zero-order valence-electron chi connectivity index (χ0n) is 12.2. The van der Waals surface area contributed by atoms with Gasteiger partial charge in [0.2, 0.25) is 5.91 Å². The van der Waals surface area contributed by atoms with Crippen LogP contribution >= 0.6 is 0 Å². The number of amides is 1. The van der Waals surface area contributed by atoms with Crippen LogP contribution in [0.15, 0.2) is 30.3 Å². The van der Waals surface area contributed by atoms with Crippen molar-refractivity contribution in [2.45, 2.75) is 31.6 Å². The zero-order valence-corrected chi connectivity index (χ0v) is 12.2. The van der Waals surface area contributed by atoms with Gasteiger partial charge in [-0.2, -0.15) is 0 Å². The molecule has 0 saturated carbocycles. The summed E-state index contributed by atoms with van der Waals surface area (Å²) in [5.74, 6) is -0.228. The first-order chi connectivity index (χ1) is 10.1. The molecule has 2 saturated heterocycles. The minimum Gasteiger partial charge on any atom is -0.468 e. The molecular formula is C15H19N3O3. The second-order valence-corrected chi connectivity index (χ2v) is 5.35. The lowest BCUT2D eigenvalue weighted by atomic mass is 9.97. The molecule has 6 heteroatoms. The maximum Gasteiger partial charge on any atom is 0.324 e. The molecule has 2 heterocycles. The molecule has 0 aromatic heterocycles. The fourth-order valence-electron chi connectivity index (χ4n) is 3.22. The Balaban J connectivity index is 2.01. The summed E-state index contributed by atoms with van der Waals surface area (Å²) < 4.78 is 4.93. The summed E-state index contributed by atoms with van der Waals surface area (Å²) in [4.78, 5) is 24.2. The average Bonchev–Trinajstić information content (AvgIpc) is 2.89. The van der Waals surface area contributed by atoms with E-state index < -0.39 is 6.04 Å². The van der Waals surface area contributed by atoms with Gasteiger partial charge >= 0.3 is 5.97 Å². The normalized spacial score (nSPS) is 29.3. The SMILES string of the molecule is COC(=O)[C@H]1N[C@@H](C)N2C(=O)CCN2[C@@H]1c1ccccc1.